The van der Waals surface area contributed by atoms with Crippen molar-refractivity contribution in [2.45, 2.75) is 85.6 Å². The number of aromatic nitrogens is 3. The highest BCUT2D eigenvalue weighted by atomic mass is 35.5. The van der Waals surface area contributed by atoms with Crippen LogP contribution in [-0.2, 0) is 22.3 Å². The zero-order valence-electron chi connectivity index (χ0n) is 23.8. The van der Waals surface area contributed by atoms with E-state index in [1.54, 1.807) is 0 Å². The summed E-state index contributed by atoms with van der Waals surface area (Å²) in [5.74, 6) is -0.372. The second-order valence-electron chi connectivity index (χ2n) is 11.3. The first-order valence-electron chi connectivity index (χ1n) is 13.0. The van der Waals surface area contributed by atoms with E-state index in [-0.39, 0.29) is 17.6 Å². The number of aliphatic hydroxyl groups excluding tert-OH is 1. The first-order valence-corrected chi connectivity index (χ1v) is 16.2. The number of hydrogen-bond donors (Lipinski definition) is 1. The SMILES string of the molecule is COC(=O)c1c(C)c2c(-c3c(C)c(C)nn3CCCO)c(Cl)ccc2n1CCCO[Si](C)(C)C(C)(C)C. The molecule has 1 N–H and O–H groups in total. The zero-order chi connectivity index (χ0) is 27.7. The Kier molecular flexibility index (Phi) is 9.00. The molecule has 0 spiro atoms. The fourth-order valence-electron chi connectivity index (χ4n) is 4.57. The normalized spacial score (nSPS) is 12.5. The van der Waals surface area contributed by atoms with Crippen LogP contribution in [0.25, 0.3) is 22.2 Å². The molecule has 0 atom stereocenters. The standard InChI is InChI=1S/C28H42ClN3O4Si/c1-18-20(3)30-32(15-10-16-33)25(18)24-21(29)12-13-22-23(24)19(2)26(27(34)35-7)31(22)14-11-17-36-37(8,9)28(4,5)6/h12-13,33H,10-11,14-17H2,1-9H3. The lowest BCUT2D eigenvalue weighted by Crippen LogP contribution is -2.41. The second-order valence-corrected chi connectivity index (χ2v) is 16.5. The Bertz CT molecular complexity index is 1290. The molecule has 2 aromatic heterocycles. The van der Waals surface area contributed by atoms with Gasteiger partial charge in [-0.25, -0.2) is 4.79 Å². The van der Waals surface area contributed by atoms with E-state index < -0.39 is 8.32 Å². The van der Waals surface area contributed by atoms with E-state index in [4.69, 9.17) is 25.9 Å². The monoisotopic (exact) mass is 547 g/mol. The van der Waals surface area contributed by atoms with Crippen LogP contribution in [0.2, 0.25) is 23.2 Å². The van der Waals surface area contributed by atoms with Gasteiger partial charge in [0.25, 0.3) is 0 Å². The molecule has 0 fully saturated rings. The number of ether oxygens (including phenoxy) is 1. The number of aliphatic hydroxyl groups is 1. The van der Waals surface area contributed by atoms with Gasteiger partial charge in [-0.3, -0.25) is 4.68 Å². The summed E-state index contributed by atoms with van der Waals surface area (Å²) in [6.07, 6.45) is 1.35. The molecular weight excluding hydrogens is 506 g/mol. The molecule has 3 aromatic rings. The van der Waals surface area contributed by atoms with Gasteiger partial charge in [0.1, 0.15) is 5.69 Å². The van der Waals surface area contributed by atoms with Crippen LogP contribution in [0, 0.1) is 20.8 Å². The average Bonchev–Trinajstić information content (AvgIpc) is 3.26. The molecule has 1 aromatic carbocycles. The van der Waals surface area contributed by atoms with Gasteiger partial charge in [-0.05, 0) is 75.0 Å². The lowest BCUT2D eigenvalue weighted by Gasteiger charge is -2.36. The van der Waals surface area contributed by atoms with Crippen molar-refractivity contribution in [1.29, 1.82) is 0 Å². The van der Waals surface area contributed by atoms with Gasteiger partial charge in [0.15, 0.2) is 8.32 Å². The number of carbonyl (C=O) groups is 1. The van der Waals surface area contributed by atoms with Gasteiger partial charge in [0.2, 0.25) is 0 Å². The highest BCUT2D eigenvalue weighted by molar-refractivity contribution is 6.74. The Morgan fingerprint density at radius 2 is 1.78 bits per heavy atom. The van der Waals surface area contributed by atoms with Crippen LogP contribution in [-0.4, -0.2) is 54.1 Å². The Morgan fingerprint density at radius 1 is 1.11 bits per heavy atom. The minimum Gasteiger partial charge on any atom is -0.464 e. The third kappa shape index (κ3) is 5.67. The summed E-state index contributed by atoms with van der Waals surface area (Å²) in [7, 11) is -0.449. The first kappa shape index (κ1) is 29.4. The maximum Gasteiger partial charge on any atom is 0.354 e. The van der Waals surface area contributed by atoms with Gasteiger partial charge in [-0.15, -0.1) is 0 Å². The largest absolute Gasteiger partial charge is 0.464 e. The van der Waals surface area contributed by atoms with Gasteiger partial charge < -0.3 is 18.8 Å². The van der Waals surface area contributed by atoms with Crippen molar-refractivity contribution < 1.29 is 19.1 Å². The molecule has 0 aliphatic carbocycles. The van der Waals surface area contributed by atoms with Gasteiger partial charge in [-0.1, -0.05) is 32.4 Å². The number of benzene rings is 1. The van der Waals surface area contributed by atoms with Crippen LogP contribution in [0.1, 0.15) is 60.9 Å². The number of hydrogen-bond acceptors (Lipinski definition) is 5. The van der Waals surface area contributed by atoms with Crippen LogP contribution >= 0.6 is 11.6 Å². The highest BCUT2D eigenvalue weighted by Gasteiger charge is 2.37. The molecule has 0 bridgehead atoms. The Balaban J connectivity index is 2.14. The molecule has 0 amide bonds. The molecule has 204 valence electrons. The number of halogens is 1. The van der Waals surface area contributed by atoms with Crippen LogP contribution in [0.3, 0.4) is 0 Å². The van der Waals surface area contributed by atoms with E-state index in [0.717, 1.165) is 45.4 Å². The van der Waals surface area contributed by atoms with E-state index in [9.17, 15) is 9.90 Å². The number of methoxy groups -OCH3 is 1. The molecule has 3 rings (SSSR count). The molecular formula is C28H42ClN3O4Si. The third-order valence-electron chi connectivity index (χ3n) is 7.79. The van der Waals surface area contributed by atoms with Crippen molar-refractivity contribution in [3.05, 3.63) is 39.7 Å². The van der Waals surface area contributed by atoms with Crippen LogP contribution in [0.5, 0.6) is 0 Å². The highest BCUT2D eigenvalue weighted by Crippen LogP contribution is 2.42. The molecule has 9 heteroatoms. The molecule has 7 nitrogen and oxygen atoms in total. The van der Waals surface area contributed by atoms with E-state index in [2.05, 4.69) is 33.9 Å². The number of esters is 1. The van der Waals surface area contributed by atoms with Crippen molar-refractivity contribution in [1.82, 2.24) is 14.3 Å². The van der Waals surface area contributed by atoms with Gasteiger partial charge in [0, 0.05) is 42.8 Å². The molecule has 2 heterocycles. The summed E-state index contributed by atoms with van der Waals surface area (Å²) in [5.41, 5.74) is 6.00. The smallest absolute Gasteiger partial charge is 0.354 e. The van der Waals surface area contributed by atoms with Crippen LogP contribution in [0.4, 0.5) is 0 Å². The average molecular weight is 548 g/mol. The molecule has 0 unspecified atom stereocenters. The topological polar surface area (TPSA) is 78.5 Å². The minimum absolute atomic E-state index is 0.0775. The summed E-state index contributed by atoms with van der Waals surface area (Å²) in [6, 6.07) is 3.87. The number of nitrogens with zero attached hydrogens (tertiary/aromatic N) is 3. The van der Waals surface area contributed by atoms with Gasteiger partial charge >= 0.3 is 5.97 Å². The fourth-order valence-corrected chi connectivity index (χ4v) is 5.91. The Morgan fingerprint density at radius 3 is 2.38 bits per heavy atom. The summed E-state index contributed by atoms with van der Waals surface area (Å²) >= 11 is 6.86. The van der Waals surface area contributed by atoms with Crippen molar-refractivity contribution in [2.24, 2.45) is 0 Å². The van der Waals surface area contributed by atoms with Gasteiger partial charge in [0.05, 0.1) is 23.5 Å². The lowest BCUT2D eigenvalue weighted by molar-refractivity contribution is 0.0587. The van der Waals surface area contributed by atoms with Crippen molar-refractivity contribution in [3.8, 4) is 11.3 Å². The molecule has 0 aliphatic heterocycles. The van der Waals surface area contributed by atoms with Gasteiger partial charge in [-0.2, -0.15) is 5.10 Å². The minimum atomic E-state index is -1.86. The van der Waals surface area contributed by atoms with E-state index in [0.29, 0.717) is 36.8 Å². The molecule has 0 saturated heterocycles. The Hall–Kier alpha value is -2.13. The number of fused-ring (bicyclic) bond motifs is 1. The van der Waals surface area contributed by atoms with E-state index >= 15 is 0 Å². The van der Waals surface area contributed by atoms with E-state index in [1.165, 1.54) is 7.11 Å². The lowest BCUT2D eigenvalue weighted by atomic mass is 9.99. The third-order valence-corrected chi connectivity index (χ3v) is 12.6. The summed E-state index contributed by atoms with van der Waals surface area (Å²) in [4.78, 5) is 13.0. The number of rotatable bonds is 10. The quantitative estimate of drug-likeness (QED) is 0.174. The Labute approximate surface area is 226 Å². The molecule has 37 heavy (non-hydrogen) atoms. The molecule has 0 saturated carbocycles. The predicted molar refractivity (Wildman–Crippen MR) is 153 cm³/mol. The second kappa shape index (κ2) is 11.3. The maximum absolute atomic E-state index is 13.0. The molecule has 0 aliphatic rings. The number of carbonyl (C=O) groups excluding carboxylic acids is 1. The molecule has 0 radical (unpaired) electrons. The van der Waals surface area contributed by atoms with Crippen LogP contribution < -0.4 is 0 Å². The maximum atomic E-state index is 13.0. The number of aryl methyl sites for hydroxylation is 4. The van der Waals surface area contributed by atoms with Crippen molar-refractivity contribution in [3.63, 3.8) is 0 Å². The first-order chi connectivity index (χ1) is 17.3. The predicted octanol–water partition coefficient (Wildman–Crippen LogP) is 6.66. The van der Waals surface area contributed by atoms with Crippen molar-refractivity contribution in [2.75, 3.05) is 20.3 Å². The summed E-state index contributed by atoms with van der Waals surface area (Å²) in [6.45, 7) is 19.1. The van der Waals surface area contributed by atoms with E-state index in [1.807, 2.05) is 42.2 Å². The van der Waals surface area contributed by atoms with Crippen molar-refractivity contribution >= 4 is 36.8 Å². The van der Waals surface area contributed by atoms with Crippen LogP contribution in [0.15, 0.2) is 12.1 Å². The summed E-state index contributed by atoms with van der Waals surface area (Å²) in [5, 5.41) is 15.8. The zero-order valence-corrected chi connectivity index (χ0v) is 25.5. The fraction of sp³-hybridized carbons (Fsp3) is 0.571. The summed E-state index contributed by atoms with van der Waals surface area (Å²) < 4.78 is 15.6.